The Balaban J connectivity index is 1.55. The summed E-state index contributed by atoms with van der Waals surface area (Å²) in [6.07, 6.45) is 4.37. The minimum atomic E-state index is -1.34. The molecule has 11 nitrogen and oxygen atoms in total. The first kappa shape index (κ1) is 30.7. The molecule has 0 bridgehead atoms. The van der Waals surface area contributed by atoms with Crippen LogP contribution in [0.15, 0.2) is 53.6 Å². The number of unbranched alkanes of at least 4 members (excludes halogenated alkanes) is 3. The molecule has 1 aliphatic rings. The molecule has 5 N–H and O–H groups in total. The van der Waals surface area contributed by atoms with Crippen molar-refractivity contribution in [2.75, 3.05) is 6.61 Å². The number of carbonyl (C=O) groups excluding carboxylic acids is 1. The lowest BCUT2D eigenvalue weighted by molar-refractivity contribution is -0.137. The number of carboxylic acids is 1. The molecule has 0 saturated carbocycles. The first-order valence-electron chi connectivity index (χ1n) is 14.4. The molecular weight excluding hydrogens is 536 g/mol. The number of carboxylic acid groups (broad SMARTS) is 1. The summed E-state index contributed by atoms with van der Waals surface area (Å²) >= 11 is 0. The van der Waals surface area contributed by atoms with Gasteiger partial charge in [-0.3, -0.25) is 10.2 Å². The van der Waals surface area contributed by atoms with E-state index in [1.165, 1.54) is 0 Å². The molecule has 3 aromatic rings. The van der Waals surface area contributed by atoms with Crippen LogP contribution in [-0.2, 0) is 28.1 Å². The minimum absolute atomic E-state index is 0.142. The van der Waals surface area contributed by atoms with Crippen LogP contribution in [0, 0.1) is 0 Å². The van der Waals surface area contributed by atoms with E-state index in [0.717, 1.165) is 47.3 Å². The molecule has 42 heavy (non-hydrogen) atoms. The van der Waals surface area contributed by atoms with Crippen LogP contribution in [0.25, 0.3) is 11.1 Å². The fourth-order valence-electron chi connectivity index (χ4n) is 4.92. The Bertz CT molecular complexity index is 1410. The van der Waals surface area contributed by atoms with Crippen molar-refractivity contribution in [1.29, 1.82) is 0 Å². The van der Waals surface area contributed by atoms with Gasteiger partial charge < -0.3 is 19.5 Å². The molecular formula is C31H40N6O5. The molecule has 224 valence electrons. The van der Waals surface area contributed by atoms with E-state index in [-0.39, 0.29) is 18.7 Å². The summed E-state index contributed by atoms with van der Waals surface area (Å²) in [5.74, 6) is 0.0857. The molecule has 2 aromatic carbocycles. The van der Waals surface area contributed by atoms with Crippen molar-refractivity contribution in [1.82, 2.24) is 26.0 Å². The van der Waals surface area contributed by atoms with Crippen molar-refractivity contribution >= 4 is 17.8 Å². The fourth-order valence-corrected chi connectivity index (χ4v) is 4.92. The number of hydrogen-bond acceptors (Lipinski definition) is 9. The van der Waals surface area contributed by atoms with Gasteiger partial charge in [-0.25, -0.2) is 15.3 Å². The van der Waals surface area contributed by atoms with Crippen molar-refractivity contribution < 1.29 is 24.5 Å². The molecule has 0 fully saturated rings. The number of aryl methyl sites for hydroxylation is 1. The Morgan fingerprint density at radius 3 is 2.36 bits per heavy atom. The summed E-state index contributed by atoms with van der Waals surface area (Å²) in [5.41, 5.74) is 11.6. The highest BCUT2D eigenvalue weighted by atomic mass is 16.5. The van der Waals surface area contributed by atoms with Gasteiger partial charge in [0.25, 0.3) is 0 Å². The number of nitrogens with zero attached hydrogens (tertiary/aromatic N) is 3. The molecule has 2 heterocycles. The molecule has 0 unspecified atom stereocenters. The van der Waals surface area contributed by atoms with E-state index in [1.54, 1.807) is 13.8 Å². The van der Waals surface area contributed by atoms with Crippen LogP contribution in [0.4, 0.5) is 0 Å². The second-order valence-electron chi connectivity index (χ2n) is 10.9. The van der Waals surface area contributed by atoms with Gasteiger partial charge in [0.15, 0.2) is 11.5 Å². The quantitative estimate of drug-likeness (QED) is 0.132. The molecule has 0 aliphatic carbocycles. The van der Waals surface area contributed by atoms with Crippen LogP contribution in [0.3, 0.4) is 0 Å². The molecule has 0 spiro atoms. The van der Waals surface area contributed by atoms with Crippen LogP contribution in [0.1, 0.15) is 92.4 Å². The number of imidazole rings is 1. The number of esters is 1. The first-order valence-corrected chi connectivity index (χ1v) is 14.4. The van der Waals surface area contributed by atoms with Crippen molar-refractivity contribution in [2.45, 2.75) is 77.9 Å². The minimum Gasteiger partial charge on any atom is -0.481 e. The number of rotatable bonds is 15. The maximum Gasteiger partial charge on any atom is 0.357 e. The highest BCUT2D eigenvalue weighted by molar-refractivity contribution is 6.04. The molecule has 4 rings (SSSR count). The first-order chi connectivity index (χ1) is 20.2. The maximum absolute atomic E-state index is 13.4. The molecule has 0 saturated heterocycles. The van der Waals surface area contributed by atoms with E-state index >= 15 is 0 Å². The molecule has 0 atom stereocenters. The second kappa shape index (κ2) is 14.1. The Labute approximate surface area is 245 Å². The SMILES string of the molecule is CCCc1nc(C(C)(C)O)c(C(=O)OCCCCCCC(=O)O)n1Cc1ccc(-c2ccccc2C2=NNNN2)cc1. The van der Waals surface area contributed by atoms with Crippen molar-refractivity contribution in [2.24, 2.45) is 5.10 Å². The van der Waals surface area contributed by atoms with Crippen molar-refractivity contribution in [3.8, 4) is 11.1 Å². The van der Waals surface area contributed by atoms with Crippen LogP contribution >= 0.6 is 0 Å². The summed E-state index contributed by atoms with van der Waals surface area (Å²) < 4.78 is 7.51. The van der Waals surface area contributed by atoms with E-state index in [2.05, 4.69) is 21.6 Å². The largest absolute Gasteiger partial charge is 0.481 e. The topological polar surface area (TPSA) is 150 Å². The summed E-state index contributed by atoms with van der Waals surface area (Å²) in [6.45, 7) is 5.89. The van der Waals surface area contributed by atoms with Crippen LogP contribution in [-0.4, -0.2) is 44.1 Å². The average Bonchev–Trinajstić information content (AvgIpc) is 3.62. The predicted molar refractivity (Wildman–Crippen MR) is 159 cm³/mol. The van der Waals surface area contributed by atoms with Crippen LogP contribution in [0.5, 0.6) is 0 Å². The number of aliphatic carboxylic acids is 1. The number of carbonyl (C=O) groups is 2. The Hall–Kier alpha value is -4.22. The number of hydrazone groups is 1. The molecule has 1 aliphatic heterocycles. The molecule has 0 radical (unpaired) electrons. The maximum atomic E-state index is 13.4. The number of aliphatic hydroxyl groups is 1. The third kappa shape index (κ3) is 7.74. The van der Waals surface area contributed by atoms with Gasteiger partial charge in [0.05, 0.1) is 6.61 Å². The monoisotopic (exact) mass is 576 g/mol. The Morgan fingerprint density at radius 1 is 1.00 bits per heavy atom. The highest BCUT2D eigenvalue weighted by Crippen LogP contribution is 2.28. The van der Waals surface area contributed by atoms with Gasteiger partial charge in [0.1, 0.15) is 17.1 Å². The van der Waals surface area contributed by atoms with Crippen LogP contribution < -0.4 is 16.5 Å². The van der Waals surface area contributed by atoms with Gasteiger partial charge in [-0.05, 0) is 49.8 Å². The zero-order valence-corrected chi connectivity index (χ0v) is 24.4. The number of benzene rings is 2. The van der Waals surface area contributed by atoms with E-state index in [0.29, 0.717) is 37.3 Å². The standard InChI is InChI=1S/C31H40N6O5/c1-4-11-25-32-28(31(2,3)41)27(30(40)42-19-10-6-5-7-14-26(38)39)37(25)20-21-15-17-22(18-16-21)23-12-8-9-13-24(23)29-33-35-36-34-29/h8-9,12-13,15-18,35-36,41H,4-7,10-11,14,19-20H2,1-3H3,(H,33,34)(H,38,39). The summed E-state index contributed by atoms with van der Waals surface area (Å²) in [4.78, 5) is 28.8. The predicted octanol–water partition coefficient (Wildman–Crippen LogP) is 4.24. The van der Waals surface area contributed by atoms with Gasteiger partial charge in [-0.1, -0.05) is 68.3 Å². The lowest BCUT2D eigenvalue weighted by atomic mass is 9.98. The van der Waals surface area contributed by atoms with Gasteiger partial charge in [-0.15, -0.1) is 10.6 Å². The number of nitrogens with one attached hydrogen (secondary N) is 3. The molecule has 1 aromatic heterocycles. The lowest BCUT2D eigenvalue weighted by Gasteiger charge is -2.18. The van der Waals surface area contributed by atoms with Crippen LogP contribution in [0.2, 0.25) is 0 Å². The summed E-state index contributed by atoms with van der Waals surface area (Å²) in [5, 5.41) is 24.0. The van der Waals surface area contributed by atoms with Gasteiger partial charge in [0, 0.05) is 24.9 Å². The van der Waals surface area contributed by atoms with E-state index in [4.69, 9.17) is 14.8 Å². The van der Waals surface area contributed by atoms with E-state index in [9.17, 15) is 14.7 Å². The second-order valence-corrected chi connectivity index (χ2v) is 10.9. The lowest BCUT2D eigenvalue weighted by Crippen LogP contribution is -2.35. The number of hydrazine groups is 2. The number of ether oxygens (including phenoxy) is 1. The Kier molecular flexibility index (Phi) is 10.3. The van der Waals surface area contributed by atoms with Gasteiger partial charge in [0.2, 0.25) is 0 Å². The number of amidine groups is 1. The zero-order chi connectivity index (χ0) is 30.1. The average molecular weight is 577 g/mol. The smallest absolute Gasteiger partial charge is 0.357 e. The highest BCUT2D eigenvalue weighted by Gasteiger charge is 2.32. The zero-order valence-electron chi connectivity index (χ0n) is 24.4. The van der Waals surface area contributed by atoms with Crippen molar-refractivity contribution in [3.63, 3.8) is 0 Å². The fraction of sp³-hybridized carbons (Fsp3) is 0.419. The number of hydrogen-bond donors (Lipinski definition) is 5. The normalized spacial score (nSPS) is 12.9. The van der Waals surface area contributed by atoms with Gasteiger partial charge in [-0.2, -0.15) is 0 Å². The summed E-state index contributed by atoms with van der Waals surface area (Å²) in [7, 11) is 0. The third-order valence-electron chi connectivity index (χ3n) is 7.00. The number of aromatic nitrogens is 2. The Morgan fingerprint density at radius 2 is 1.71 bits per heavy atom. The summed E-state index contributed by atoms with van der Waals surface area (Å²) in [6, 6.07) is 16.1. The molecule has 11 heteroatoms. The molecule has 0 amide bonds. The van der Waals surface area contributed by atoms with E-state index in [1.807, 2.05) is 60.0 Å². The third-order valence-corrected chi connectivity index (χ3v) is 7.00. The van der Waals surface area contributed by atoms with E-state index < -0.39 is 17.5 Å². The van der Waals surface area contributed by atoms with Crippen molar-refractivity contribution in [3.05, 3.63) is 76.9 Å². The van der Waals surface area contributed by atoms with Gasteiger partial charge >= 0.3 is 11.9 Å².